The van der Waals surface area contributed by atoms with Crippen molar-refractivity contribution < 1.29 is 9.53 Å². The average molecular weight is 271 g/mol. The molecule has 0 aromatic carbocycles. The zero-order valence-electron chi connectivity index (χ0n) is 14.5. The molecule has 0 saturated carbocycles. The lowest BCUT2D eigenvalue weighted by Crippen LogP contribution is -2.57. The maximum absolute atomic E-state index is 12.6. The maximum Gasteiger partial charge on any atom is 0.157 e. The molecule has 3 nitrogen and oxygen atoms in total. The Labute approximate surface area is 119 Å². The fourth-order valence-corrected chi connectivity index (χ4v) is 1.95. The van der Waals surface area contributed by atoms with E-state index in [9.17, 15) is 4.79 Å². The van der Waals surface area contributed by atoms with Crippen LogP contribution < -0.4 is 5.32 Å². The number of ether oxygens (including phenoxy) is 1. The van der Waals surface area contributed by atoms with Gasteiger partial charge in [0, 0.05) is 11.0 Å². The summed E-state index contributed by atoms with van der Waals surface area (Å²) < 4.78 is 5.98. The van der Waals surface area contributed by atoms with Crippen molar-refractivity contribution >= 4 is 5.78 Å². The van der Waals surface area contributed by atoms with Crippen LogP contribution >= 0.6 is 0 Å². The van der Waals surface area contributed by atoms with Gasteiger partial charge in [0.25, 0.3) is 0 Å². The van der Waals surface area contributed by atoms with Crippen LogP contribution in [-0.4, -0.2) is 29.1 Å². The molecule has 0 aromatic rings. The lowest BCUT2D eigenvalue weighted by molar-refractivity contribution is -0.137. The summed E-state index contributed by atoms with van der Waals surface area (Å²) in [6.45, 7) is 20.1. The highest BCUT2D eigenvalue weighted by Crippen LogP contribution is 2.23. The molecule has 0 aliphatic rings. The lowest BCUT2D eigenvalue weighted by Gasteiger charge is -2.37. The van der Waals surface area contributed by atoms with E-state index in [2.05, 4.69) is 26.1 Å². The Morgan fingerprint density at radius 3 is 1.63 bits per heavy atom. The van der Waals surface area contributed by atoms with Crippen molar-refractivity contribution in [2.45, 2.75) is 92.5 Å². The smallest absolute Gasteiger partial charge is 0.157 e. The van der Waals surface area contributed by atoms with Crippen molar-refractivity contribution in [1.82, 2.24) is 5.32 Å². The molecular weight excluding hydrogens is 238 g/mol. The van der Waals surface area contributed by atoms with E-state index < -0.39 is 0 Å². The van der Waals surface area contributed by atoms with Crippen molar-refractivity contribution in [3.63, 3.8) is 0 Å². The van der Waals surface area contributed by atoms with E-state index >= 15 is 0 Å². The van der Waals surface area contributed by atoms with E-state index in [1.807, 2.05) is 48.5 Å². The Morgan fingerprint density at radius 2 is 1.37 bits per heavy atom. The summed E-state index contributed by atoms with van der Waals surface area (Å²) in [6.07, 6.45) is -0.161. The third kappa shape index (κ3) is 7.68. The summed E-state index contributed by atoms with van der Waals surface area (Å²) in [4.78, 5) is 12.6. The highest BCUT2D eigenvalue weighted by molar-refractivity contribution is 5.89. The molecule has 0 aliphatic carbocycles. The summed E-state index contributed by atoms with van der Waals surface area (Å²) in [6, 6.07) is -0.292. The first-order valence-corrected chi connectivity index (χ1v) is 7.13. The third-order valence-electron chi connectivity index (χ3n) is 2.62. The molecule has 0 amide bonds. The molecule has 0 unspecified atom stereocenters. The van der Waals surface area contributed by atoms with Gasteiger partial charge in [-0.05, 0) is 48.5 Å². The highest BCUT2D eigenvalue weighted by Gasteiger charge is 2.37. The topological polar surface area (TPSA) is 38.3 Å². The number of nitrogens with one attached hydrogen (secondary N) is 1. The summed E-state index contributed by atoms with van der Waals surface area (Å²) >= 11 is 0. The minimum Gasteiger partial charge on any atom is -0.371 e. The SMILES string of the molecule is C[C@@H](OC(C)(C)C)[C@H](NC(C)(C)C)C(=O)C(C)(C)C. The van der Waals surface area contributed by atoms with Crippen LogP contribution in [0.15, 0.2) is 0 Å². The van der Waals surface area contributed by atoms with Crippen LogP contribution in [0.3, 0.4) is 0 Å². The van der Waals surface area contributed by atoms with Crippen LogP contribution in [-0.2, 0) is 9.53 Å². The van der Waals surface area contributed by atoms with Crippen molar-refractivity contribution in [3.05, 3.63) is 0 Å². The molecule has 19 heavy (non-hydrogen) atoms. The number of hydrogen-bond acceptors (Lipinski definition) is 3. The zero-order chi connectivity index (χ0) is 15.6. The van der Waals surface area contributed by atoms with Crippen LogP contribution in [0.5, 0.6) is 0 Å². The number of hydrogen-bond donors (Lipinski definition) is 1. The van der Waals surface area contributed by atoms with Gasteiger partial charge in [0.15, 0.2) is 5.78 Å². The minimum absolute atomic E-state index is 0.124. The predicted molar refractivity (Wildman–Crippen MR) is 81.4 cm³/mol. The average Bonchev–Trinajstić information content (AvgIpc) is 2.06. The van der Waals surface area contributed by atoms with Gasteiger partial charge >= 0.3 is 0 Å². The summed E-state index contributed by atoms with van der Waals surface area (Å²) in [5.41, 5.74) is -0.755. The van der Waals surface area contributed by atoms with Crippen LogP contribution in [0.25, 0.3) is 0 Å². The Bertz CT molecular complexity index is 302. The van der Waals surface area contributed by atoms with Crippen LogP contribution in [0.2, 0.25) is 0 Å². The van der Waals surface area contributed by atoms with Gasteiger partial charge in [0.2, 0.25) is 0 Å². The Kier molecular flexibility index (Phi) is 5.80. The van der Waals surface area contributed by atoms with Crippen molar-refractivity contribution in [2.75, 3.05) is 0 Å². The lowest BCUT2D eigenvalue weighted by atomic mass is 9.83. The van der Waals surface area contributed by atoms with Gasteiger partial charge in [-0.15, -0.1) is 0 Å². The largest absolute Gasteiger partial charge is 0.371 e. The van der Waals surface area contributed by atoms with Crippen molar-refractivity contribution in [1.29, 1.82) is 0 Å². The van der Waals surface area contributed by atoms with E-state index in [1.54, 1.807) is 0 Å². The number of rotatable bonds is 4. The van der Waals surface area contributed by atoms with E-state index in [4.69, 9.17) is 4.74 Å². The van der Waals surface area contributed by atoms with E-state index in [0.717, 1.165) is 0 Å². The number of Topliss-reactive ketones (excluding diaryl/α,β-unsaturated/α-hetero) is 1. The molecule has 1 N–H and O–H groups in total. The second-order valence-corrected chi connectivity index (χ2v) is 8.42. The fraction of sp³-hybridized carbons (Fsp3) is 0.938. The van der Waals surface area contributed by atoms with Crippen LogP contribution in [0.1, 0.15) is 69.2 Å². The fourth-order valence-electron chi connectivity index (χ4n) is 1.95. The first-order valence-electron chi connectivity index (χ1n) is 7.13. The van der Waals surface area contributed by atoms with E-state index in [-0.39, 0.29) is 34.5 Å². The zero-order valence-corrected chi connectivity index (χ0v) is 14.5. The van der Waals surface area contributed by atoms with Crippen LogP contribution in [0.4, 0.5) is 0 Å². The van der Waals surface area contributed by atoms with Gasteiger partial charge in [0.05, 0.1) is 17.7 Å². The molecular formula is C16H33NO2. The maximum atomic E-state index is 12.6. The van der Waals surface area contributed by atoms with Gasteiger partial charge < -0.3 is 10.1 Å². The third-order valence-corrected chi connectivity index (χ3v) is 2.62. The Hall–Kier alpha value is -0.410. The summed E-state index contributed by atoms with van der Waals surface area (Å²) in [5.74, 6) is 0.194. The first-order chi connectivity index (χ1) is 8.13. The standard InChI is InChI=1S/C16H33NO2/c1-11(19-16(8,9)10)12(17-15(5,6)7)13(18)14(2,3)4/h11-12,17H,1-10H3/t11-,12+/m1/s1. The molecule has 0 aliphatic heterocycles. The summed E-state index contributed by atoms with van der Waals surface area (Å²) in [5, 5.41) is 3.41. The van der Waals surface area contributed by atoms with E-state index in [1.165, 1.54) is 0 Å². The molecule has 3 heteroatoms. The second-order valence-electron chi connectivity index (χ2n) is 8.42. The molecule has 2 atom stereocenters. The monoisotopic (exact) mass is 271 g/mol. The highest BCUT2D eigenvalue weighted by atomic mass is 16.5. The predicted octanol–water partition coefficient (Wildman–Crippen LogP) is 3.56. The summed E-state index contributed by atoms with van der Waals surface area (Å²) in [7, 11) is 0. The Morgan fingerprint density at radius 1 is 0.947 bits per heavy atom. The molecule has 0 spiro atoms. The first kappa shape index (κ1) is 18.6. The molecule has 114 valence electrons. The van der Waals surface area contributed by atoms with Gasteiger partial charge in [-0.1, -0.05) is 20.8 Å². The van der Waals surface area contributed by atoms with Gasteiger partial charge in [-0.3, -0.25) is 4.79 Å². The molecule has 0 aromatic heterocycles. The van der Waals surface area contributed by atoms with Gasteiger partial charge in [0.1, 0.15) is 0 Å². The minimum atomic E-state index is -0.377. The number of ketones is 1. The quantitative estimate of drug-likeness (QED) is 0.849. The molecule has 0 heterocycles. The molecule has 0 fully saturated rings. The van der Waals surface area contributed by atoms with E-state index in [0.29, 0.717) is 0 Å². The number of carbonyl (C=O) groups is 1. The van der Waals surface area contributed by atoms with Gasteiger partial charge in [-0.2, -0.15) is 0 Å². The van der Waals surface area contributed by atoms with Crippen molar-refractivity contribution in [2.24, 2.45) is 5.41 Å². The van der Waals surface area contributed by atoms with Crippen LogP contribution in [0, 0.1) is 5.41 Å². The second kappa shape index (κ2) is 5.92. The Balaban J connectivity index is 5.13. The normalized spacial score (nSPS) is 17.2. The molecule has 0 radical (unpaired) electrons. The molecule has 0 saturated heterocycles. The molecule has 0 rings (SSSR count). The van der Waals surface area contributed by atoms with Gasteiger partial charge in [-0.25, -0.2) is 0 Å². The van der Waals surface area contributed by atoms with Crippen molar-refractivity contribution in [3.8, 4) is 0 Å². The molecule has 0 bridgehead atoms. The number of carbonyl (C=O) groups excluding carboxylic acids is 1.